The van der Waals surface area contributed by atoms with E-state index >= 15 is 0 Å². The highest BCUT2D eigenvalue weighted by atomic mass is 16.5. The molecule has 0 spiro atoms. The summed E-state index contributed by atoms with van der Waals surface area (Å²) in [5.74, 6) is 0.413. The van der Waals surface area contributed by atoms with E-state index in [2.05, 4.69) is 15.0 Å². The molecule has 0 aromatic carbocycles. The summed E-state index contributed by atoms with van der Waals surface area (Å²) in [5.41, 5.74) is 14.1. The molecule has 8 nitrogen and oxygen atoms in total. The molecule has 1 aliphatic carbocycles. The number of amidine groups is 1. The number of hydrogen-bond donors (Lipinski definition) is 2. The van der Waals surface area contributed by atoms with Crippen molar-refractivity contribution < 1.29 is 4.74 Å². The van der Waals surface area contributed by atoms with Crippen LogP contribution in [0.3, 0.4) is 0 Å². The topological polar surface area (TPSA) is 117 Å². The molecule has 0 saturated heterocycles. The van der Waals surface area contributed by atoms with E-state index in [9.17, 15) is 0 Å². The molecule has 4 rings (SSSR count). The van der Waals surface area contributed by atoms with E-state index in [1.165, 1.54) is 6.33 Å². The Hall–Kier alpha value is -2.90. The van der Waals surface area contributed by atoms with Crippen LogP contribution in [0.4, 0.5) is 5.82 Å². The van der Waals surface area contributed by atoms with Crippen LogP contribution in [0, 0.1) is 0 Å². The molecular weight excluding hydrogens is 294 g/mol. The lowest BCUT2D eigenvalue weighted by atomic mass is 9.98. The van der Waals surface area contributed by atoms with Gasteiger partial charge in [0, 0.05) is 11.6 Å². The average molecular weight is 311 g/mol. The number of nitrogens with zero attached hydrogens (tertiary/aromatic N) is 5. The SMILES string of the molecule is CC(C)n1nc(C2=CC3OC(N)=NC3C=C2)c2c(N)ncnc21. The van der Waals surface area contributed by atoms with Crippen molar-refractivity contribution in [2.24, 2.45) is 10.7 Å². The van der Waals surface area contributed by atoms with E-state index in [1.54, 1.807) is 0 Å². The molecule has 0 fully saturated rings. The lowest BCUT2D eigenvalue weighted by molar-refractivity contribution is 0.251. The van der Waals surface area contributed by atoms with Crippen molar-refractivity contribution in [2.45, 2.75) is 32.0 Å². The summed E-state index contributed by atoms with van der Waals surface area (Å²) in [5, 5.41) is 5.45. The second kappa shape index (κ2) is 4.80. The van der Waals surface area contributed by atoms with E-state index in [4.69, 9.17) is 21.3 Å². The fourth-order valence-corrected chi connectivity index (χ4v) is 2.90. The maximum Gasteiger partial charge on any atom is 0.283 e. The van der Waals surface area contributed by atoms with Gasteiger partial charge in [0.05, 0.1) is 5.39 Å². The van der Waals surface area contributed by atoms with E-state index in [-0.39, 0.29) is 24.2 Å². The molecule has 2 unspecified atom stereocenters. The average Bonchev–Trinajstić information content (AvgIpc) is 3.06. The highest BCUT2D eigenvalue weighted by molar-refractivity contribution is 5.98. The summed E-state index contributed by atoms with van der Waals surface area (Å²) < 4.78 is 7.37. The van der Waals surface area contributed by atoms with Crippen LogP contribution in [0.15, 0.2) is 29.5 Å². The summed E-state index contributed by atoms with van der Waals surface area (Å²) in [6.45, 7) is 4.09. The Morgan fingerprint density at radius 2 is 2.09 bits per heavy atom. The normalized spacial score (nSPS) is 22.9. The number of anilines is 1. The van der Waals surface area contributed by atoms with Crippen LogP contribution < -0.4 is 11.5 Å². The molecule has 4 N–H and O–H groups in total. The van der Waals surface area contributed by atoms with Crippen LogP contribution in [0.2, 0.25) is 0 Å². The summed E-state index contributed by atoms with van der Waals surface area (Å²) in [6.07, 6.45) is 7.14. The highest BCUT2D eigenvalue weighted by Crippen LogP contribution is 2.33. The number of rotatable bonds is 2. The van der Waals surface area contributed by atoms with Crippen molar-refractivity contribution in [3.8, 4) is 0 Å². The zero-order chi connectivity index (χ0) is 16.1. The molecule has 1 aliphatic heterocycles. The Labute approximate surface area is 132 Å². The standard InChI is InChI=1S/C15H17N7O/c1-7(2)22-14-11(13(16)18-6-19-14)12(21-22)8-3-4-9-10(5-8)23-15(17)20-9/h3-7,9-10H,1-2H3,(H2,17,20)(H2,16,18,19). The predicted molar refractivity (Wildman–Crippen MR) is 87.5 cm³/mol. The summed E-state index contributed by atoms with van der Waals surface area (Å²) in [7, 11) is 0. The Morgan fingerprint density at radius 1 is 1.26 bits per heavy atom. The number of aliphatic imine (C=N–C) groups is 1. The number of nitrogens with two attached hydrogens (primary N) is 2. The number of hydrogen-bond acceptors (Lipinski definition) is 7. The molecule has 23 heavy (non-hydrogen) atoms. The minimum atomic E-state index is -0.208. The molecule has 2 aromatic heterocycles. The number of ether oxygens (including phenoxy) is 1. The van der Waals surface area contributed by atoms with Gasteiger partial charge in [0.1, 0.15) is 30.0 Å². The molecule has 0 amide bonds. The molecule has 3 heterocycles. The largest absolute Gasteiger partial charge is 0.455 e. The Morgan fingerprint density at radius 3 is 2.87 bits per heavy atom. The van der Waals surface area contributed by atoms with Gasteiger partial charge in [-0.15, -0.1) is 0 Å². The molecule has 0 radical (unpaired) electrons. The molecule has 0 bridgehead atoms. The van der Waals surface area contributed by atoms with Crippen LogP contribution in [-0.2, 0) is 4.74 Å². The number of aromatic nitrogens is 4. The van der Waals surface area contributed by atoms with Crippen molar-refractivity contribution in [3.63, 3.8) is 0 Å². The third-order valence-electron chi connectivity index (χ3n) is 3.97. The van der Waals surface area contributed by atoms with Crippen molar-refractivity contribution in [1.29, 1.82) is 0 Å². The van der Waals surface area contributed by atoms with Gasteiger partial charge in [-0.1, -0.05) is 12.2 Å². The fourth-order valence-electron chi connectivity index (χ4n) is 2.90. The number of nitrogen functional groups attached to an aromatic ring is 1. The van der Waals surface area contributed by atoms with Crippen LogP contribution in [0.25, 0.3) is 16.6 Å². The first-order chi connectivity index (χ1) is 11.0. The lowest BCUT2D eigenvalue weighted by Crippen LogP contribution is -2.22. The molecular formula is C15H17N7O. The second-order valence-corrected chi connectivity index (χ2v) is 5.87. The van der Waals surface area contributed by atoms with Gasteiger partial charge in [-0.3, -0.25) is 0 Å². The lowest BCUT2D eigenvalue weighted by Gasteiger charge is -2.16. The van der Waals surface area contributed by atoms with Gasteiger partial charge >= 0.3 is 0 Å². The van der Waals surface area contributed by atoms with Gasteiger partial charge < -0.3 is 16.2 Å². The van der Waals surface area contributed by atoms with Crippen molar-refractivity contribution in [1.82, 2.24) is 19.7 Å². The smallest absolute Gasteiger partial charge is 0.283 e. The molecule has 118 valence electrons. The second-order valence-electron chi connectivity index (χ2n) is 5.87. The maximum absolute atomic E-state index is 6.08. The van der Waals surface area contributed by atoms with E-state index in [1.807, 2.05) is 36.8 Å². The van der Waals surface area contributed by atoms with Gasteiger partial charge in [0.15, 0.2) is 5.65 Å². The van der Waals surface area contributed by atoms with E-state index < -0.39 is 0 Å². The molecule has 2 aliphatic rings. The van der Waals surface area contributed by atoms with Crippen molar-refractivity contribution in [3.05, 3.63) is 30.2 Å². The van der Waals surface area contributed by atoms with Crippen LogP contribution in [0.5, 0.6) is 0 Å². The summed E-state index contributed by atoms with van der Waals surface area (Å²) in [4.78, 5) is 12.7. The molecule has 0 saturated carbocycles. The predicted octanol–water partition coefficient (Wildman–Crippen LogP) is 1.02. The van der Waals surface area contributed by atoms with E-state index in [0.717, 1.165) is 22.3 Å². The van der Waals surface area contributed by atoms with Crippen LogP contribution in [0.1, 0.15) is 25.6 Å². The number of fused-ring (bicyclic) bond motifs is 2. The van der Waals surface area contributed by atoms with Crippen LogP contribution >= 0.6 is 0 Å². The third kappa shape index (κ3) is 2.06. The maximum atomic E-state index is 6.08. The van der Waals surface area contributed by atoms with Crippen LogP contribution in [-0.4, -0.2) is 37.9 Å². The third-order valence-corrected chi connectivity index (χ3v) is 3.97. The summed E-state index contributed by atoms with van der Waals surface area (Å²) in [6, 6.07) is 0.288. The Kier molecular flexibility index (Phi) is 2.87. The monoisotopic (exact) mass is 311 g/mol. The molecule has 8 heteroatoms. The van der Waals surface area contributed by atoms with Gasteiger partial charge in [0.2, 0.25) is 0 Å². The molecule has 2 aromatic rings. The minimum absolute atomic E-state index is 0.0780. The van der Waals surface area contributed by atoms with Crippen molar-refractivity contribution >= 4 is 28.4 Å². The number of allylic oxidation sites excluding steroid dienone is 2. The van der Waals surface area contributed by atoms with Crippen molar-refractivity contribution in [2.75, 3.05) is 5.73 Å². The minimum Gasteiger partial charge on any atom is -0.455 e. The van der Waals surface area contributed by atoms with Gasteiger partial charge in [-0.25, -0.2) is 19.6 Å². The van der Waals surface area contributed by atoms with Gasteiger partial charge in [-0.05, 0) is 19.9 Å². The van der Waals surface area contributed by atoms with E-state index in [0.29, 0.717) is 5.82 Å². The van der Waals surface area contributed by atoms with Gasteiger partial charge in [-0.2, -0.15) is 5.10 Å². The van der Waals surface area contributed by atoms with Gasteiger partial charge in [0.25, 0.3) is 6.02 Å². The first kappa shape index (κ1) is 13.7. The molecule has 2 atom stereocenters. The first-order valence-corrected chi connectivity index (χ1v) is 7.43. The quantitative estimate of drug-likeness (QED) is 0.855. The highest BCUT2D eigenvalue weighted by Gasteiger charge is 2.30. The first-order valence-electron chi connectivity index (χ1n) is 7.43. The zero-order valence-corrected chi connectivity index (χ0v) is 12.8. The zero-order valence-electron chi connectivity index (χ0n) is 12.8. The Bertz CT molecular complexity index is 877. The summed E-state index contributed by atoms with van der Waals surface area (Å²) >= 11 is 0. The fraction of sp³-hybridized carbons (Fsp3) is 0.333. The Balaban J connectivity index is 1.87.